The van der Waals surface area contributed by atoms with Crippen molar-refractivity contribution < 1.29 is 14.3 Å². The van der Waals surface area contributed by atoms with Gasteiger partial charge in [-0.3, -0.25) is 9.78 Å². The number of nitrogens with zero attached hydrogens (tertiary/aromatic N) is 2. The fourth-order valence-corrected chi connectivity index (χ4v) is 1.47. The average Bonchev–Trinajstić information content (AvgIpc) is 2.36. The molecule has 0 spiro atoms. The average molecular weight is 231 g/mol. The van der Waals surface area contributed by atoms with Crippen LogP contribution >= 0.6 is 0 Å². The molecule has 0 atom stereocenters. The number of hydrogen-bond acceptors (Lipinski definition) is 5. The number of amides is 1. The van der Waals surface area contributed by atoms with Gasteiger partial charge in [0.05, 0.1) is 18.2 Å². The summed E-state index contributed by atoms with van der Waals surface area (Å²) >= 11 is 0. The van der Waals surface area contributed by atoms with E-state index in [1.165, 1.54) is 25.6 Å². The van der Waals surface area contributed by atoms with Crippen LogP contribution in [-0.2, 0) is 4.74 Å². The molecular formula is C11H9N3O3. The second kappa shape index (κ2) is 4.17. The Morgan fingerprint density at radius 3 is 2.82 bits per heavy atom. The summed E-state index contributed by atoms with van der Waals surface area (Å²) in [4.78, 5) is 30.6. The molecule has 0 unspecified atom stereocenters. The van der Waals surface area contributed by atoms with Crippen molar-refractivity contribution in [2.24, 2.45) is 5.73 Å². The van der Waals surface area contributed by atoms with Crippen LogP contribution in [0.2, 0.25) is 0 Å². The highest BCUT2D eigenvalue weighted by Crippen LogP contribution is 2.17. The molecule has 0 aromatic carbocycles. The number of carbonyl (C=O) groups excluding carboxylic acids is 2. The highest BCUT2D eigenvalue weighted by Gasteiger charge is 2.15. The highest BCUT2D eigenvalue weighted by atomic mass is 16.5. The SMILES string of the molecule is COC(=O)c1cc(C(N)=O)nc2ccncc12. The summed E-state index contributed by atoms with van der Waals surface area (Å²) < 4.78 is 4.63. The van der Waals surface area contributed by atoms with Crippen LogP contribution in [0.25, 0.3) is 10.9 Å². The standard InChI is InChI=1S/C11H9N3O3/c1-17-11(16)6-4-9(10(12)15)14-8-2-3-13-5-7(6)8/h2-5H,1H3,(H2,12,15). The van der Waals surface area contributed by atoms with Gasteiger partial charge in [-0.15, -0.1) is 0 Å². The van der Waals surface area contributed by atoms with E-state index in [-0.39, 0.29) is 11.3 Å². The van der Waals surface area contributed by atoms with Crippen molar-refractivity contribution in [2.45, 2.75) is 0 Å². The van der Waals surface area contributed by atoms with E-state index < -0.39 is 11.9 Å². The van der Waals surface area contributed by atoms with Crippen LogP contribution in [0, 0.1) is 0 Å². The molecule has 2 heterocycles. The first-order valence-electron chi connectivity index (χ1n) is 4.76. The first-order chi connectivity index (χ1) is 8.13. The Morgan fingerprint density at radius 1 is 1.41 bits per heavy atom. The van der Waals surface area contributed by atoms with Crippen molar-refractivity contribution in [1.29, 1.82) is 0 Å². The van der Waals surface area contributed by atoms with E-state index in [4.69, 9.17) is 5.73 Å². The highest BCUT2D eigenvalue weighted by molar-refractivity contribution is 6.05. The topological polar surface area (TPSA) is 95.2 Å². The minimum absolute atomic E-state index is 0.0177. The minimum atomic E-state index is -0.700. The van der Waals surface area contributed by atoms with Crippen LogP contribution in [0.15, 0.2) is 24.5 Å². The predicted octanol–water partition coefficient (Wildman–Crippen LogP) is 0.515. The molecule has 17 heavy (non-hydrogen) atoms. The Labute approximate surface area is 96.4 Å². The van der Waals surface area contributed by atoms with Crippen molar-refractivity contribution >= 4 is 22.8 Å². The summed E-state index contributed by atoms with van der Waals surface area (Å²) in [6.45, 7) is 0. The summed E-state index contributed by atoms with van der Waals surface area (Å²) in [5, 5.41) is 0.518. The van der Waals surface area contributed by atoms with Gasteiger partial charge in [0.1, 0.15) is 5.69 Å². The van der Waals surface area contributed by atoms with Crippen LogP contribution in [0.4, 0.5) is 0 Å². The molecule has 2 rings (SSSR count). The summed E-state index contributed by atoms with van der Waals surface area (Å²) in [6.07, 6.45) is 3.00. The Hall–Kier alpha value is -2.50. The summed E-state index contributed by atoms with van der Waals surface area (Å²) in [5.41, 5.74) is 5.85. The van der Waals surface area contributed by atoms with Crippen molar-refractivity contribution in [2.75, 3.05) is 7.11 Å². The van der Waals surface area contributed by atoms with E-state index in [1.54, 1.807) is 6.07 Å². The number of carbonyl (C=O) groups is 2. The number of ether oxygens (including phenoxy) is 1. The first kappa shape index (κ1) is 11.0. The minimum Gasteiger partial charge on any atom is -0.465 e. The van der Waals surface area contributed by atoms with Gasteiger partial charge in [-0.2, -0.15) is 0 Å². The summed E-state index contributed by atoms with van der Waals surface area (Å²) in [7, 11) is 1.26. The van der Waals surface area contributed by atoms with E-state index >= 15 is 0 Å². The molecule has 0 saturated heterocycles. The van der Waals surface area contributed by atoms with E-state index in [2.05, 4.69) is 14.7 Å². The lowest BCUT2D eigenvalue weighted by Crippen LogP contribution is -2.15. The maximum Gasteiger partial charge on any atom is 0.338 e. The molecule has 0 aliphatic rings. The summed E-state index contributed by atoms with van der Waals surface area (Å²) in [6, 6.07) is 2.90. The van der Waals surface area contributed by atoms with Crippen molar-refractivity contribution in [3.05, 3.63) is 35.8 Å². The zero-order valence-corrected chi connectivity index (χ0v) is 9.01. The largest absolute Gasteiger partial charge is 0.465 e. The molecular weight excluding hydrogens is 222 g/mol. The Morgan fingerprint density at radius 2 is 2.18 bits per heavy atom. The fourth-order valence-electron chi connectivity index (χ4n) is 1.47. The van der Waals surface area contributed by atoms with Crippen LogP contribution < -0.4 is 5.73 Å². The van der Waals surface area contributed by atoms with Crippen molar-refractivity contribution in [1.82, 2.24) is 9.97 Å². The molecule has 0 aliphatic carbocycles. The second-order valence-electron chi connectivity index (χ2n) is 3.30. The Bertz CT molecular complexity index is 610. The van der Waals surface area contributed by atoms with E-state index in [1.807, 2.05) is 0 Å². The van der Waals surface area contributed by atoms with Crippen LogP contribution in [-0.4, -0.2) is 29.0 Å². The van der Waals surface area contributed by atoms with Crippen molar-refractivity contribution in [3.63, 3.8) is 0 Å². The third-order valence-electron chi connectivity index (χ3n) is 2.27. The predicted molar refractivity (Wildman–Crippen MR) is 59.4 cm³/mol. The molecule has 2 aromatic rings. The number of hydrogen-bond donors (Lipinski definition) is 1. The molecule has 0 fully saturated rings. The quantitative estimate of drug-likeness (QED) is 0.760. The zero-order valence-electron chi connectivity index (χ0n) is 9.01. The van der Waals surface area contributed by atoms with Gasteiger partial charge < -0.3 is 10.5 Å². The number of primary amides is 1. The molecule has 0 bridgehead atoms. The molecule has 0 saturated carbocycles. The van der Waals surface area contributed by atoms with Gasteiger partial charge in [-0.1, -0.05) is 0 Å². The fraction of sp³-hybridized carbons (Fsp3) is 0.0909. The third kappa shape index (κ3) is 1.92. The number of aromatic nitrogens is 2. The third-order valence-corrected chi connectivity index (χ3v) is 2.27. The molecule has 2 N–H and O–H groups in total. The smallest absolute Gasteiger partial charge is 0.338 e. The van der Waals surface area contributed by atoms with Crippen LogP contribution in [0.1, 0.15) is 20.8 Å². The normalized spacial score (nSPS) is 10.2. The molecule has 6 heteroatoms. The molecule has 0 radical (unpaired) electrons. The molecule has 0 aliphatic heterocycles. The number of methoxy groups -OCH3 is 1. The van der Waals surface area contributed by atoms with E-state index in [9.17, 15) is 9.59 Å². The molecule has 6 nitrogen and oxygen atoms in total. The van der Waals surface area contributed by atoms with Gasteiger partial charge in [0, 0.05) is 17.8 Å². The monoisotopic (exact) mass is 231 g/mol. The molecule has 86 valence electrons. The van der Waals surface area contributed by atoms with Gasteiger partial charge in [0.25, 0.3) is 5.91 Å². The molecule has 2 aromatic heterocycles. The lowest BCUT2D eigenvalue weighted by molar-refractivity contribution is 0.0603. The van der Waals surface area contributed by atoms with E-state index in [0.717, 1.165) is 0 Å². The number of pyridine rings is 2. The van der Waals surface area contributed by atoms with Crippen molar-refractivity contribution in [3.8, 4) is 0 Å². The molecule has 1 amide bonds. The van der Waals surface area contributed by atoms with Crippen LogP contribution in [0.3, 0.4) is 0 Å². The number of rotatable bonds is 2. The summed E-state index contributed by atoms with van der Waals surface area (Å²) in [5.74, 6) is -1.26. The first-order valence-corrected chi connectivity index (χ1v) is 4.76. The van der Waals surface area contributed by atoms with Gasteiger partial charge in [0.15, 0.2) is 0 Å². The van der Waals surface area contributed by atoms with Gasteiger partial charge in [0.2, 0.25) is 0 Å². The van der Waals surface area contributed by atoms with Gasteiger partial charge in [-0.05, 0) is 12.1 Å². The maximum absolute atomic E-state index is 11.6. The van der Waals surface area contributed by atoms with Crippen LogP contribution in [0.5, 0.6) is 0 Å². The van der Waals surface area contributed by atoms with Gasteiger partial charge in [-0.25, -0.2) is 9.78 Å². The number of esters is 1. The van der Waals surface area contributed by atoms with E-state index in [0.29, 0.717) is 10.9 Å². The lowest BCUT2D eigenvalue weighted by Gasteiger charge is -2.05. The zero-order chi connectivity index (χ0) is 12.4. The number of fused-ring (bicyclic) bond motifs is 1. The lowest BCUT2D eigenvalue weighted by atomic mass is 10.1. The Balaban J connectivity index is 2.78. The Kier molecular flexibility index (Phi) is 2.70. The van der Waals surface area contributed by atoms with Gasteiger partial charge >= 0.3 is 5.97 Å². The maximum atomic E-state index is 11.6. The second-order valence-corrected chi connectivity index (χ2v) is 3.30. The number of nitrogens with two attached hydrogens (primary N) is 1.